The maximum atomic E-state index is 11.2. The molecule has 0 saturated heterocycles. The monoisotopic (exact) mass is 210 g/mol. The van der Waals surface area contributed by atoms with Gasteiger partial charge in [0.1, 0.15) is 0 Å². The number of hydrogen-bond acceptors (Lipinski definition) is 3. The van der Waals surface area contributed by atoms with E-state index < -0.39 is 0 Å². The predicted molar refractivity (Wildman–Crippen MR) is 59.0 cm³/mol. The van der Waals surface area contributed by atoms with Crippen molar-refractivity contribution in [2.45, 2.75) is 26.8 Å². The van der Waals surface area contributed by atoms with Gasteiger partial charge in [-0.15, -0.1) is 0 Å². The van der Waals surface area contributed by atoms with Crippen LogP contribution in [0.25, 0.3) is 0 Å². The van der Waals surface area contributed by atoms with Crippen LogP contribution in [0.15, 0.2) is 0 Å². The molecule has 1 unspecified atom stereocenters. The van der Waals surface area contributed by atoms with E-state index in [4.69, 9.17) is 0 Å². The number of carbonyl (C=O) groups excluding carboxylic acids is 2. The van der Waals surface area contributed by atoms with E-state index in [1.54, 1.807) is 6.92 Å². The first-order valence-electron chi connectivity index (χ1n) is 4.79. The first kappa shape index (κ1) is 13.7. The van der Waals surface area contributed by atoms with Gasteiger partial charge >= 0.3 is 0 Å². The van der Waals surface area contributed by atoms with Crippen LogP contribution in [-0.4, -0.2) is 48.3 Å². The quantitative estimate of drug-likeness (QED) is 0.617. The lowest BCUT2D eigenvalue weighted by Gasteiger charge is -2.20. The van der Waals surface area contributed by atoms with Crippen molar-refractivity contribution in [3.8, 4) is 11.8 Å². The summed E-state index contributed by atoms with van der Waals surface area (Å²) in [6.45, 7) is 5.09. The number of hydrogen-bond donors (Lipinski definition) is 0. The molecule has 84 valence electrons. The number of rotatable bonds is 2. The van der Waals surface area contributed by atoms with Gasteiger partial charge in [-0.3, -0.25) is 19.4 Å². The van der Waals surface area contributed by atoms with E-state index in [2.05, 4.69) is 11.8 Å². The maximum Gasteiger partial charge on any atom is 0.227 e. The Bertz CT molecular complexity index is 285. The van der Waals surface area contributed by atoms with Crippen LogP contribution in [0.3, 0.4) is 0 Å². The van der Waals surface area contributed by atoms with Crippen molar-refractivity contribution in [1.82, 2.24) is 9.80 Å². The van der Waals surface area contributed by atoms with Crippen LogP contribution in [0.4, 0.5) is 0 Å². The molecule has 0 aliphatic carbocycles. The molecule has 0 aromatic rings. The Morgan fingerprint density at radius 3 is 2.00 bits per heavy atom. The number of carbonyl (C=O) groups is 2. The zero-order valence-electron chi connectivity index (χ0n) is 10.00. The summed E-state index contributed by atoms with van der Waals surface area (Å²) in [5, 5.41) is 0. The molecule has 0 aliphatic heterocycles. The van der Waals surface area contributed by atoms with Crippen molar-refractivity contribution in [3.05, 3.63) is 0 Å². The van der Waals surface area contributed by atoms with Gasteiger partial charge in [-0.25, -0.2) is 0 Å². The third-order valence-electron chi connectivity index (χ3n) is 1.77. The Morgan fingerprint density at radius 1 is 1.20 bits per heavy atom. The molecule has 4 heteroatoms. The molecule has 15 heavy (non-hydrogen) atoms. The van der Waals surface area contributed by atoms with Gasteiger partial charge in [-0.2, -0.15) is 0 Å². The SMILES string of the molecule is CC(=O)N(C(C)=O)C(C)C#CCN(C)C. The van der Waals surface area contributed by atoms with Gasteiger partial charge in [0.2, 0.25) is 11.8 Å². The highest BCUT2D eigenvalue weighted by Crippen LogP contribution is 1.99. The topological polar surface area (TPSA) is 40.6 Å². The Labute approximate surface area is 91.2 Å². The second-order valence-corrected chi connectivity index (χ2v) is 3.64. The fourth-order valence-electron chi connectivity index (χ4n) is 1.18. The van der Waals surface area contributed by atoms with Gasteiger partial charge in [0.15, 0.2) is 0 Å². The van der Waals surface area contributed by atoms with Crippen molar-refractivity contribution >= 4 is 11.8 Å². The minimum absolute atomic E-state index is 0.269. The smallest absolute Gasteiger partial charge is 0.227 e. The molecule has 0 bridgehead atoms. The minimum Gasteiger partial charge on any atom is -0.299 e. The van der Waals surface area contributed by atoms with Gasteiger partial charge in [-0.05, 0) is 21.0 Å². The van der Waals surface area contributed by atoms with Crippen LogP contribution in [0.2, 0.25) is 0 Å². The van der Waals surface area contributed by atoms with Crippen molar-refractivity contribution in [3.63, 3.8) is 0 Å². The Hall–Kier alpha value is -1.34. The third kappa shape index (κ3) is 5.18. The summed E-state index contributed by atoms with van der Waals surface area (Å²) in [6, 6.07) is -0.361. The molecule has 4 nitrogen and oxygen atoms in total. The van der Waals surface area contributed by atoms with Crippen LogP contribution >= 0.6 is 0 Å². The fourth-order valence-corrected chi connectivity index (χ4v) is 1.18. The average molecular weight is 210 g/mol. The molecule has 0 heterocycles. The van der Waals surface area contributed by atoms with E-state index in [0.717, 1.165) is 4.90 Å². The minimum atomic E-state index is -0.361. The first-order valence-corrected chi connectivity index (χ1v) is 4.79. The molecule has 0 N–H and O–H groups in total. The van der Waals surface area contributed by atoms with Crippen LogP contribution < -0.4 is 0 Å². The standard InChI is InChI=1S/C11H18N2O2/c1-9(7-6-8-12(4)5)13(10(2)14)11(3)15/h9H,8H2,1-5H3. The highest BCUT2D eigenvalue weighted by Gasteiger charge is 2.18. The van der Waals surface area contributed by atoms with Crippen LogP contribution in [0.1, 0.15) is 20.8 Å². The lowest BCUT2D eigenvalue weighted by Crippen LogP contribution is -2.39. The predicted octanol–water partition coefficient (Wildman–Crippen LogP) is 0.335. The highest BCUT2D eigenvalue weighted by molar-refractivity contribution is 5.93. The molecule has 2 amide bonds. The van der Waals surface area contributed by atoms with Crippen molar-refractivity contribution < 1.29 is 9.59 Å². The molecular weight excluding hydrogens is 192 g/mol. The van der Waals surface area contributed by atoms with E-state index in [0.29, 0.717) is 6.54 Å². The highest BCUT2D eigenvalue weighted by atomic mass is 16.2. The van der Waals surface area contributed by atoms with Gasteiger partial charge in [0, 0.05) is 13.8 Å². The summed E-state index contributed by atoms with van der Waals surface area (Å²) in [5.41, 5.74) is 0. The van der Waals surface area contributed by atoms with E-state index in [-0.39, 0.29) is 17.9 Å². The van der Waals surface area contributed by atoms with E-state index in [1.165, 1.54) is 13.8 Å². The van der Waals surface area contributed by atoms with Gasteiger partial charge < -0.3 is 0 Å². The largest absolute Gasteiger partial charge is 0.299 e. The second kappa shape index (κ2) is 6.20. The zero-order valence-corrected chi connectivity index (χ0v) is 10.00. The van der Waals surface area contributed by atoms with Crippen LogP contribution in [0, 0.1) is 11.8 Å². The zero-order chi connectivity index (χ0) is 12.0. The van der Waals surface area contributed by atoms with E-state index in [9.17, 15) is 9.59 Å². The lowest BCUT2D eigenvalue weighted by molar-refractivity contribution is -0.143. The molecule has 0 saturated carbocycles. The summed E-state index contributed by atoms with van der Waals surface area (Å²) in [7, 11) is 3.82. The molecule has 0 aromatic heterocycles. The van der Waals surface area contributed by atoms with Crippen molar-refractivity contribution in [2.75, 3.05) is 20.6 Å². The number of imide groups is 1. The maximum absolute atomic E-state index is 11.2. The van der Waals surface area contributed by atoms with Gasteiger partial charge in [0.05, 0.1) is 12.6 Å². The first-order chi connectivity index (χ1) is 6.86. The average Bonchev–Trinajstić information content (AvgIpc) is 2.01. The summed E-state index contributed by atoms with van der Waals surface area (Å²) in [6.07, 6.45) is 0. The van der Waals surface area contributed by atoms with E-state index >= 15 is 0 Å². The van der Waals surface area contributed by atoms with Crippen molar-refractivity contribution in [2.24, 2.45) is 0 Å². The Morgan fingerprint density at radius 2 is 1.67 bits per heavy atom. The molecule has 0 aliphatic rings. The second-order valence-electron chi connectivity index (χ2n) is 3.64. The molecular formula is C11H18N2O2. The molecule has 0 radical (unpaired) electrons. The van der Waals surface area contributed by atoms with Crippen LogP contribution in [0.5, 0.6) is 0 Å². The number of amides is 2. The Kier molecular flexibility index (Phi) is 5.65. The third-order valence-corrected chi connectivity index (χ3v) is 1.77. The molecule has 0 fully saturated rings. The Balaban J connectivity index is 4.50. The van der Waals surface area contributed by atoms with E-state index in [1.807, 2.05) is 19.0 Å². The van der Waals surface area contributed by atoms with Crippen molar-refractivity contribution in [1.29, 1.82) is 0 Å². The van der Waals surface area contributed by atoms with Gasteiger partial charge in [0.25, 0.3) is 0 Å². The molecule has 0 spiro atoms. The van der Waals surface area contributed by atoms with Crippen LogP contribution in [-0.2, 0) is 9.59 Å². The molecule has 1 atom stereocenters. The fraction of sp³-hybridized carbons (Fsp3) is 0.636. The molecule has 0 rings (SSSR count). The summed E-state index contributed by atoms with van der Waals surface area (Å²) in [4.78, 5) is 25.4. The molecule has 0 aromatic carbocycles. The number of nitrogens with zero attached hydrogens (tertiary/aromatic N) is 2. The summed E-state index contributed by atoms with van der Waals surface area (Å²) < 4.78 is 0. The summed E-state index contributed by atoms with van der Waals surface area (Å²) in [5.74, 6) is 5.24. The normalized spacial score (nSPS) is 11.6. The van der Waals surface area contributed by atoms with Gasteiger partial charge in [-0.1, -0.05) is 11.8 Å². The summed E-state index contributed by atoms with van der Waals surface area (Å²) >= 11 is 0. The lowest BCUT2D eigenvalue weighted by atomic mass is 10.2.